The molecule has 0 saturated carbocycles. The van der Waals surface area contributed by atoms with Gasteiger partial charge in [-0.15, -0.1) is 0 Å². The quantitative estimate of drug-likeness (QED) is 0.793. The molecule has 1 N–H and O–H groups in total. The molecular weight excluding hydrogens is 225 g/mol. The van der Waals surface area contributed by atoms with Gasteiger partial charge in [-0.25, -0.2) is 4.39 Å². The highest BCUT2D eigenvalue weighted by molar-refractivity contribution is 5.22. The molecule has 2 rings (SSSR count). The van der Waals surface area contributed by atoms with Crippen molar-refractivity contribution in [2.75, 3.05) is 6.54 Å². The molecule has 0 aromatic heterocycles. The largest absolute Gasteiger partial charge is 0.312 e. The first-order valence-electron chi connectivity index (χ1n) is 6.25. The minimum Gasteiger partial charge on any atom is -0.312 e. The van der Waals surface area contributed by atoms with E-state index in [0.717, 1.165) is 25.1 Å². The number of nitrogens with one attached hydrogen (secondary N) is 1. The second-order valence-electron chi connectivity index (χ2n) is 4.55. The van der Waals surface area contributed by atoms with Crippen LogP contribution in [0.2, 0.25) is 0 Å². The Morgan fingerprint density at radius 1 is 1.00 bits per heavy atom. The SMILES string of the molecule is Cc1cccc(CNCCc2cccc(F)c2)c1. The number of benzene rings is 2. The third-order valence-electron chi connectivity index (χ3n) is 2.89. The topological polar surface area (TPSA) is 12.0 Å². The van der Waals surface area contributed by atoms with Crippen LogP contribution in [0.3, 0.4) is 0 Å². The Labute approximate surface area is 108 Å². The number of halogens is 1. The lowest BCUT2D eigenvalue weighted by Crippen LogP contribution is -2.16. The van der Waals surface area contributed by atoms with Crippen molar-refractivity contribution in [1.29, 1.82) is 0 Å². The Morgan fingerprint density at radius 2 is 1.78 bits per heavy atom. The second-order valence-corrected chi connectivity index (χ2v) is 4.55. The molecule has 0 aliphatic heterocycles. The van der Waals surface area contributed by atoms with Gasteiger partial charge in [0.2, 0.25) is 0 Å². The lowest BCUT2D eigenvalue weighted by atomic mass is 10.1. The van der Waals surface area contributed by atoms with Crippen LogP contribution in [-0.2, 0) is 13.0 Å². The standard InChI is InChI=1S/C16H18FN/c1-13-4-2-6-15(10-13)12-18-9-8-14-5-3-7-16(17)11-14/h2-7,10-11,18H,8-9,12H2,1H3. The summed E-state index contributed by atoms with van der Waals surface area (Å²) in [5, 5.41) is 3.37. The van der Waals surface area contributed by atoms with E-state index in [4.69, 9.17) is 0 Å². The number of aryl methyl sites for hydroxylation is 1. The van der Waals surface area contributed by atoms with E-state index in [9.17, 15) is 4.39 Å². The molecule has 18 heavy (non-hydrogen) atoms. The van der Waals surface area contributed by atoms with Crippen molar-refractivity contribution in [3.8, 4) is 0 Å². The van der Waals surface area contributed by atoms with Crippen molar-refractivity contribution < 1.29 is 4.39 Å². The highest BCUT2D eigenvalue weighted by atomic mass is 19.1. The van der Waals surface area contributed by atoms with E-state index in [2.05, 4.69) is 36.5 Å². The monoisotopic (exact) mass is 243 g/mol. The predicted octanol–water partition coefficient (Wildman–Crippen LogP) is 3.47. The summed E-state index contributed by atoms with van der Waals surface area (Å²) in [6.07, 6.45) is 0.851. The smallest absolute Gasteiger partial charge is 0.123 e. The molecule has 0 heterocycles. The normalized spacial score (nSPS) is 10.6. The number of rotatable bonds is 5. The van der Waals surface area contributed by atoms with E-state index in [1.807, 2.05) is 6.07 Å². The summed E-state index contributed by atoms with van der Waals surface area (Å²) in [5.74, 6) is -0.161. The van der Waals surface area contributed by atoms with Gasteiger partial charge in [-0.3, -0.25) is 0 Å². The van der Waals surface area contributed by atoms with E-state index in [0.29, 0.717) is 0 Å². The minimum atomic E-state index is -0.161. The van der Waals surface area contributed by atoms with Gasteiger partial charge in [0.15, 0.2) is 0 Å². The summed E-state index contributed by atoms with van der Waals surface area (Å²) in [6.45, 7) is 3.81. The zero-order chi connectivity index (χ0) is 12.8. The summed E-state index contributed by atoms with van der Waals surface area (Å²) >= 11 is 0. The van der Waals surface area contributed by atoms with Gasteiger partial charge in [-0.2, -0.15) is 0 Å². The van der Waals surface area contributed by atoms with E-state index >= 15 is 0 Å². The van der Waals surface area contributed by atoms with Gasteiger partial charge in [0, 0.05) is 6.54 Å². The molecule has 2 heteroatoms. The number of hydrogen-bond acceptors (Lipinski definition) is 1. The van der Waals surface area contributed by atoms with Gasteiger partial charge in [0.05, 0.1) is 0 Å². The Bertz CT molecular complexity index is 460. The summed E-state index contributed by atoms with van der Waals surface area (Å²) in [4.78, 5) is 0. The lowest BCUT2D eigenvalue weighted by Gasteiger charge is -2.06. The van der Waals surface area contributed by atoms with Crippen molar-refractivity contribution in [1.82, 2.24) is 5.32 Å². The summed E-state index contributed by atoms with van der Waals surface area (Å²) in [5.41, 5.74) is 3.60. The fraction of sp³-hybridized carbons (Fsp3) is 0.250. The fourth-order valence-corrected chi connectivity index (χ4v) is 1.98. The molecule has 1 nitrogen and oxygen atoms in total. The Kier molecular flexibility index (Phi) is 4.48. The first-order chi connectivity index (χ1) is 8.74. The lowest BCUT2D eigenvalue weighted by molar-refractivity contribution is 0.622. The zero-order valence-electron chi connectivity index (χ0n) is 10.6. The first-order valence-corrected chi connectivity index (χ1v) is 6.25. The van der Waals surface area contributed by atoms with Gasteiger partial charge in [0.25, 0.3) is 0 Å². The fourth-order valence-electron chi connectivity index (χ4n) is 1.98. The van der Waals surface area contributed by atoms with Crippen LogP contribution >= 0.6 is 0 Å². The van der Waals surface area contributed by atoms with Gasteiger partial charge >= 0.3 is 0 Å². The van der Waals surface area contributed by atoms with Crippen LogP contribution in [0.1, 0.15) is 16.7 Å². The van der Waals surface area contributed by atoms with Crippen LogP contribution in [0.25, 0.3) is 0 Å². The van der Waals surface area contributed by atoms with Crippen LogP contribution in [0.15, 0.2) is 48.5 Å². The van der Waals surface area contributed by atoms with E-state index in [1.54, 1.807) is 12.1 Å². The Morgan fingerprint density at radius 3 is 2.56 bits per heavy atom. The average molecular weight is 243 g/mol. The molecule has 0 atom stereocenters. The molecular formula is C16H18FN. The van der Waals surface area contributed by atoms with Gasteiger partial charge in [-0.05, 0) is 43.1 Å². The maximum Gasteiger partial charge on any atom is 0.123 e. The van der Waals surface area contributed by atoms with Crippen molar-refractivity contribution in [2.45, 2.75) is 19.9 Å². The van der Waals surface area contributed by atoms with Crippen molar-refractivity contribution in [2.24, 2.45) is 0 Å². The molecule has 0 spiro atoms. The molecule has 0 amide bonds. The molecule has 0 radical (unpaired) electrons. The summed E-state index contributed by atoms with van der Waals surface area (Å²) < 4.78 is 13.0. The highest BCUT2D eigenvalue weighted by Gasteiger charge is 1.96. The average Bonchev–Trinajstić information content (AvgIpc) is 2.35. The molecule has 0 bridgehead atoms. The summed E-state index contributed by atoms with van der Waals surface area (Å²) in [7, 11) is 0. The highest BCUT2D eigenvalue weighted by Crippen LogP contribution is 2.05. The predicted molar refractivity (Wildman–Crippen MR) is 73.0 cm³/mol. The third kappa shape index (κ3) is 3.97. The van der Waals surface area contributed by atoms with Crippen molar-refractivity contribution >= 4 is 0 Å². The molecule has 0 unspecified atom stereocenters. The number of hydrogen-bond donors (Lipinski definition) is 1. The maximum atomic E-state index is 13.0. The molecule has 2 aromatic carbocycles. The van der Waals surface area contributed by atoms with Crippen LogP contribution in [0.4, 0.5) is 4.39 Å². The second kappa shape index (κ2) is 6.31. The summed E-state index contributed by atoms with van der Waals surface area (Å²) in [6, 6.07) is 15.2. The van der Waals surface area contributed by atoms with Crippen molar-refractivity contribution in [3.05, 3.63) is 71.0 Å². The zero-order valence-corrected chi connectivity index (χ0v) is 10.6. The van der Waals surface area contributed by atoms with Gasteiger partial charge in [-0.1, -0.05) is 42.0 Å². The van der Waals surface area contributed by atoms with Crippen LogP contribution in [0.5, 0.6) is 0 Å². The van der Waals surface area contributed by atoms with Gasteiger partial charge < -0.3 is 5.32 Å². The minimum absolute atomic E-state index is 0.161. The van der Waals surface area contributed by atoms with E-state index in [1.165, 1.54) is 17.2 Å². The van der Waals surface area contributed by atoms with E-state index < -0.39 is 0 Å². The molecule has 94 valence electrons. The van der Waals surface area contributed by atoms with E-state index in [-0.39, 0.29) is 5.82 Å². The third-order valence-corrected chi connectivity index (χ3v) is 2.89. The Hall–Kier alpha value is -1.67. The molecule has 0 aliphatic carbocycles. The van der Waals surface area contributed by atoms with Crippen LogP contribution in [0, 0.1) is 12.7 Å². The van der Waals surface area contributed by atoms with Crippen molar-refractivity contribution in [3.63, 3.8) is 0 Å². The molecule has 0 saturated heterocycles. The maximum absolute atomic E-state index is 13.0. The Balaban J connectivity index is 1.76. The van der Waals surface area contributed by atoms with Gasteiger partial charge in [0.1, 0.15) is 5.82 Å². The van der Waals surface area contributed by atoms with Crippen LogP contribution < -0.4 is 5.32 Å². The van der Waals surface area contributed by atoms with Crippen LogP contribution in [-0.4, -0.2) is 6.54 Å². The molecule has 0 fully saturated rings. The molecule has 0 aliphatic rings. The molecule has 2 aromatic rings. The first kappa shape index (κ1) is 12.8.